The summed E-state index contributed by atoms with van der Waals surface area (Å²) in [5.74, 6) is 0. The Morgan fingerprint density at radius 3 is 1.40 bits per heavy atom. The van der Waals surface area contributed by atoms with Crippen LogP contribution >= 0.6 is 23.5 Å². The molecule has 2 spiro atoms. The van der Waals surface area contributed by atoms with Crippen molar-refractivity contribution in [1.82, 2.24) is 0 Å². The van der Waals surface area contributed by atoms with Gasteiger partial charge in [-0.25, -0.2) is 0 Å². The molecule has 16 rings (SSSR count). The zero-order chi connectivity index (χ0) is 47.8. The van der Waals surface area contributed by atoms with Gasteiger partial charge in [0.15, 0.2) is 0 Å². The molecule has 1 nitrogen and oxygen atoms in total. The second-order valence-electron chi connectivity index (χ2n) is 19.8. The van der Waals surface area contributed by atoms with Crippen molar-refractivity contribution in [3.63, 3.8) is 0 Å². The van der Waals surface area contributed by atoms with Crippen LogP contribution in [0.25, 0.3) is 54.9 Å². The highest BCUT2D eigenvalue weighted by Gasteiger charge is 2.52. The standard InChI is InChI=1S/C70H43NS2/c1-2-17-50-45(16-1)32-33-47-42-46(36-40-51(47)50)44-34-37-48(38-35-44)71(49-39-41-53-52-18-3-5-20-55(52)70(62(53)43-49)59-24-9-13-30-66(59)73-67-31-14-10-25-60(67)70)63-27-15-26-61-68(63)54-19-4-6-21-56(54)69(61)57-22-7-11-28-64(57)72-65-29-12-8-23-58(65)69/h1-43H. The third-order valence-corrected chi connectivity index (χ3v) is 18.7. The van der Waals surface area contributed by atoms with Crippen LogP contribution in [-0.4, -0.2) is 0 Å². The number of hydrogen-bond acceptors (Lipinski definition) is 3. The largest absolute Gasteiger partial charge is 0.310 e. The minimum absolute atomic E-state index is 0.506. The molecular weight excluding hydrogens is 919 g/mol. The first-order chi connectivity index (χ1) is 36.2. The van der Waals surface area contributed by atoms with E-state index in [-0.39, 0.29) is 0 Å². The quantitative estimate of drug-likeness (QED) is 0.162. The van der Waals surface area contributed by atoms with E-state index in [2.05, 4.69) is 266 Å². The summed E-state index contributed by atoms with van der Waals surface area (Å²) in [6.07, 6.45) is 0. The van der Waals surface area contributed by atoms with E-state index in [0.29, 0.717) is 0 Å². The number of rotatable bonds is 4. The highest BCUT2D eigenvalue weighted by atomic mass is 32.2. The summed E-state index contributed by atoms with van der Waals surface area (Å²) in [6, 6.07) is 98.7. The van der Waals surface area contributed by atoms with E-state index in [0.717, 1.165) is 17.1 Å². The van der Waals surface area contributed by atoms with Crippen molar-refractivity contribution >= 4 is 62.1 Å². The molecule has 2 aliphatic carbocycles. The topological polar surface area (TPSA) is 3.24 Å². The van der Waals surface area contributed by atoms with Gasteiger partial charge >= 0.3 is 0 Å². The van der Waals surface area contributed by atoms with Gasteiger partial charge in [0, 0.05) is 36.5 Å². The summed E-state index contributed by atoms with van der Waals surface area (Å²) < 4.78 is 0. The van der Waals surface area contributed by atoms with Gasteiger partial charge < -0.3 is 4.90 Å². The monoisotopic (exact) mass is 961 g/mol. The summed E-state index contributed by atoms with van der Waals surface area (Å²) in [4.78, 5) is 7.78. The summed E-state index contributed by atoms with van der Waals surface area (Å²) in [5.41, 5.74) is 20.5. The number of nitrogens with zero attached hydrogens (tertiary/aromatic N) is 1. The fourth-order valence-electron chi connectivity index (χ4n) is 13.5. The Balaban J connectivity index is 0.955. The molecule has 2 heterocycles. The van der Waals surface area contributed by atoms with Gasteiger partial charge in [0.25, 0.3) is 0 Å². The van der Waals surface area contributed by atoms with Crippen LogP contribution in [0.2, 0.25) is 0 Å². The second kappa shape index (κ2) is 15.6. The predicted octanol–water partition coefficient (Wildman–Crippen LogP) is 18.8. The highest BCUT2D eigenvalue weighted by Crippen LogP contribution is 2.66. The van der Waals surface area contributed by atoms with Crippen LogP contribution in [0.1, 0.15) is 44.5 Å². The molecule has 340 valence electrons. The van der Waals surface area contributed by atoms with Gasteiger partial charge in [-0.05, 0) is 155 Å². The highest BCUT2D eigenvalue weighted by molar-refractivity contribution is 7.99. The van der Waals surface area contributed by atoms with Crippen LogP contribution < -0.4 is 4.90 Å². The van der Waals surface area contributed by atoms with Gasteiger partial charge in [0.1, 0.15) is 0 Å². The van der Waals surface area contributed by atoms with Gasteiger partial charge in [0.2, 0.25) is 0 Å². The number of hydrogen-bond donors (Lipinski definition) is 0. The maximum Gasteiger partial charge on any atom is 0.0736 e. The first-order valence-corrected chi connectivity index (χ1v) is 26.9. The molecule has 12 aromatic rings. The van der Waals surface area contributed by atoms with Gasteiger partial charge in [0.05, 0.1) is 16.5 Å². The minimum Gasteiger partial charge on any atom is -0.310 e. The molecule has 73 heavy (non-hydrogen) atoms. The second-order valence-corrected chi connectivity index (χ2v) is 22.0. The lowest BCUT2D eigenvalue weighted by Crippen LogP contribution is -2.32. The fourth-order valence-corrected chi connectivity index (χ4v) is 15.9. The van der Waals surface area contributed by atoms with Crippen LogP contribution in [-0.2, 0) is 10.8 Å². The van der Waals surface area contributed by atoms with Gasteiger partial charge in [-0.15, -0.1) is 0 Å². The van der Waals surface area contributed by atoms with Crippen molar-refractivity contribution in [1.29, 1.82) is 0 Å². The molecule has 0 radical (unpaired) electrons. The Kier molecular flexibility index (Phi) is 8.81. The normalized spacial score (nSPS) is 14.4. The molecule has 0 unspecified atom stereocenters. The number of anilines is 3. The number of fused-ring (bicyclic) bond motifs is 21. The maximum absolute atomic E-state index is 2.56. The van der Waals surface area contributed by atoms with E-state index in [9.17, 15) is 0 Å². The van der Waals surface area contributed by atoms with E-state index in [1.165, 1.54) is 119 Å². The van der Waals surface area contributed by atoms with Crippen LogP contribution in [0.4, 0.5) is 17.1 Å². The summed E-state index contributed by atoms with van der Waals surface area (Å²) in [7, 11) is 0. The van der Waals surface area contributed by atoms with Crippen LogP contribution in [0.3, 0.4) is 0 Å². The molecule has 0 fully saturated rings. The Morgan fingerprint density at radius 1 is 0.274 bits per heavy atom. The van der Waals surface area contributed by atoms with Crippen LogP contribution in [0, 0.1) is 0 Å². The molecule has 0 atom stereocenters. The lowest BCUT2D eigenvalue weighted by atomic mass is 9.67. The van der Waals surface area contributed by atoms with Crippen molar-refractivity contribution in [2.24, 2.45) is 0 Å². The zero-order valence-electron chi connectivity index (χ0n) is 39.6. The van der Waals surface area contributed by atoms with Gasteiger partial charge in [-0.1, -0.05) is 224 Å². The zero-order valence-corrected chi connectivity index (χ0v) is 41.2. The Morgan fingerprint density at radius 2 is 0.740 bits per heavy atom. The molecule has 0 amide bonds. The Hall–Kier alpha value is -8.34. The summed E-state index contributed by atoms with van der Waals surface area (Å²) in [5, 5.41) is 5.08. The third-order valence-electron chi connectivity index (χ3n) is 16.4. The van der Waals surface area contributed by atoms with Crippen molar-refractivity contribution in [3.8, 4) is 33.4 Å². The van der Waals surface area contributed by atoms with E-state index in [4.69, 9.17) is 0 Å². The molecule has 2 aliphatic heterocycles. The average molecular weight is 962 g/mol. The van der Waals surface area contributed by atoms with Crippen LogP contribution in [0.5, 0.6) is 0 Å². The molecule has 0 aromatic heterocycles. The molecule has 0 saturated heterocycles. The molecular formula is C70H43NS2. The van der Waals surface area contributed by atoms with Gasteiger partial charge in [-0.2, -0.15) is 0 Å². The molecule has 0 saturated carbocycles. The summed E-state index contributed by atoms with van der Waals surface area (Å²) >= 11 is 3.79. The maximum atomic E-state index is 2.56. The predicted molar refractivity (Wildman–Crippen MR) is 304 cm³/mol. The van der Waals surface area contributed by atoms with E-state index < -0.39 is 10.8 Å². The number of benzene rings is 12. The third kappa shape index (κ3) is 5.61. The lowest BCUT2D eigenvalue weighted by molar-refractivity contribution is 0.722. The van der Waals surface area contributed by atoms with Crippen molar-refractivity contribution < 1.29 is 0 Å². The first kappa shape index (κ1) is 41.3. The van der Waals surface area contributed by atoms with Crippen molar-refractivity contribution in [2.45, 2.75) is 30.4 Å². The molecule has 3 heteroatoms. The SMILES string of the molecule is c1ccc2c(c1)Sc1ccccc1C21c2ccccc2-c2ccc(N(c3ccc(-c4ccc5c(ccc6ccccc65)c4)cc3)c3cccc4c3-c3ccccc3C43c4ccccc4Sc4ccccc43)cc21. The van der Waals surface area contributed by atoms with E-state index >= 15 is 0 Å². The Bertz CT molecular complexity index is 4210. The lowest BCUT2D eigenvalue weighted by Gasteiger charge is -2.40. The molecule has 0 N–H and O–H groups in total. The molecule has 12 aromatic carbocycles. The van der Waals surface area contributed by atoms with Crippen LogP contribution in [0.15, 0.2) is 280 Å². The first-order valence-electron chi connectivity index (χ1n) is 25.2. The Labute approximate surface area is 433 Å². The summed E-state index contributed by atoms with van der Waals surface area (Å²) in [6.45, 7) is 0. The van der Waals surface area contributed by atoms with E-state index in [1.54, 1.807) is 0 Å². The van der Waals surface area contributed by atoms with E-state index in [1.807, 2.05) is 23.5 Å². The van der Waals surface area contributed by atoms with Crippen molar-refractivity contribution in [2.75, 3.05) is 4.90 Å². The minimum atomic E-state index is -0.514. The van der Waals surface area contributed by atoms with Crippen molar-refractivity contribution in [3.05, 3.63) is 305 Å². The molecule has 4 aliphatic rings. The smallest absolute Gasteiger partial charge is 0.0736 e. The fraction of sp³-hybridized carbons (Fsp3) is 0.0286. The molecule has 0 bridgehead atoms. The van der Waals surface area contributed by atoms with Gasteiger partial charge in [-0.3, -0.25) is 0 Å². The average Bonchev–Trinajstić information content (AvgIpc) is 3.91.